The van der Waals surface area contributed by atoms with Crippen LogP contribution in [0.15, 0.2) is 34.5 Å². The molecule has 0 spiro atoms. The van der Waals surface area contributed by atoms with E-state index in [-0.39, 0.29) is 17.0 Å². The predicted octanol–water partition coefficient (Wildman–Crippen LogP) is -2.55. The number of hydrogen-bond acceptors (Lipinski definition) is 20. The number of aliphatic hydroxyl groups excluding tert-OH is 2. The molecule has 3 unspecified atom stereocenters. The minimum atomic E-state index is -5.90. The topological polar surface area (TPSA) is 391 Å². The molecule has 52 heavy (non-hydrogen) atoms. The van der Waals surface area contributed by atoms with Gasteiger partial charge in [-0.3, -0.25) is 28.0 Å². The third kappa shape index (κ3) is 9.52. The normalized spacial score (nSPS) is 30.2. The Morgan fingerprint density at radius 1 is 0.904 bits per heavy atom. The molecule has 2 saturated heterocycles. The van der Waals surface area contributed by atoms with Gasteiger partial charge in [0.15, 0.2) is 23.9 Å². The van der Waals surface area contributed by atoms with E-state index in [4.69, 9.17) is 55.1 Å². The second kappa shape index (κ2) is 15.5. The number of H-pyrrole nitrogens is 1. The van der Waals surface area contributed by atoms with Crippen LogP contribution in [-0.2, 0) is 61.9 Å². The number of phosphoric ester groups is 1. The molecular weight excluding hydrogens is 814 g/mol. The van der Waals surface area contributed by atoms with Crippen molar-refractivity contribution in [3.05, 3.63) is 45.8 Å². The van der Waals surface area contributed by atoms with E-state index in [1.165, 1.54) is 10.9 Å². The Labute approximate surface area is 293 Å². The van der Waals surface area contributed by atoms with Crippen molar-refractivity contribution in [1.82, 2.24) is 29.1 Å². The summed E-state index contributed by atoms with van der Waals surface area (Å²) in [4.78, 5) is 85.8. The Bertz CT molecular complexity index is 2100. The number of aromatic amines is 1. The summed E-state index contributed by atoms with van der Waals surface area (Å²) >= 11 is 5.14. The molecule has 3 aromatic heterocycles. The van der Waals surface area contributed by atoms with Gasteiger partial charge in [0.05, 0.1) is 19.5 Å². The van der Waals surface area contributed by atoms with Gasteiger partial charge in [-0.05, 0) is 11.8 Å². The van der Waals surface area contributed by atoms with Crippen molar-refractivity contribution >= 4 is 59.0 Å². The number of aromatic nitrogens is 6. The molecule has 2 fully saturated rings. The van der Waals surface area contributed by atoms with Crippen LogP contribution in [0.1, 0.15) is 12.5 Å². The van der Waals surface area contributed by atoms with Crippen LogP contribution < -0.4 is 17.0 Å². The molecule has 290 valence electrons. The van der Waals surface area contributed by atoms with Gasteiger partial charge in [0, 0.05) is 19.4 Å². The fraction of sp³-hybridized carbons (Fsp3) is 0.550. The van der Waals surface area contributed by atoms with Gasteiger partial charge in [-0.15, -0.1) is 0 Å². The maximum absolute atomic E-state index is 12.5. The molecule has 0 aromatic carbocycles. The smallest absolute Gasteiger partial charge is 0.387 e. The number of aliphatic hydroxyl groups is 2. The number of nitrogen functional groups attached to an aromatic ring is 1. The zero-order chi connectivity index (χ0) is 38.4. The summed E-state index contributed by atoms with van der Waals surface area (Å²) in [6.45, 7) is -6.37. The van der Waals surface area contributed by atoms with Crippen molar-refractivity contribution in [2.45, 2.75) is 49.1 Å². The molecular formula is C20H29N7O20P4S. The summed E-state index contributed by atoms with van der Waals surface area (Å²) in [5, 5.41) is 21.1. The molecule has 0 aliphatic carbocycles. The molecule has 0 radical (unpaired) electrons. The number of nitrogens with two attached hydrogens (primary N) is 1. The first kappa shape index (κ1) is 40.9. The summed E-state index contributed by atoms with van der Waals surface area (Å²) in [5.74, 6) is -0.0268. The molecule has 10 N–H and O–H groups in total. The Balaban J connectivity index is 1.36. The van der Waals surface area contributed by atoms with Gasteiger partial charge in [0.25, 0.3) is 5.56 Å². The summed E-state index contributed by atoms with van der Waals surface area (Å²) in [7, 11) is -16.1. The van der Waals surface area contributed by atoms with Crippen molar-refractivity contribution in [1.29, 1.82) is 0 Å². The van der Waals surface area contributed by atoms with Crippen LogP contribution in [0.4, 0.5) is 5.82 Å². The van der Waals surface area contributed by atoms with Crippen LogP contribution in [0.25, 0.3) is 11.2 Å². The van der Waals surface area contributed by atoms with Crippen LogP contribution in [0.3, 0.4) is 0 Å². The lowest BCUT2D eigenvalue weighted by molar-refractivity contribution is -0.0577. The fourth-order valence-corrected chi connectivity index (χ4v) is 9.52. The molecule has 5 heterocycles. The third-order valence-corrected chi connectivity index (χ3v) is 12.5. The first-order valence-corrected chi connectivity index (χ1v) is 21.1. The maximum atomic E-state index is 12.5. The number of anilines is 1. The molecule has 27 nitrogen and oxygen atoms in total. The Morgan fingerprint density at radius 3 is 2.23 bits per heavy atom. The Kier molecular flexibility index (Phi) is 12.2. The highest BCUT2D eigenvalue weighted by molar-refractivity contribution is 8.07. The molecule has 32 heteroatoms. The largest absolute Gasteiger partial charge is 0.490 e. The molecule has 2 aliphatic rings. The first-order chi connectivity index (χ1) is 24.1. The summed E-state index contributed by atoms with van der Waals surface area (Å²) in [5.41, 5.74) is 4.37. The molecule has 0 saturated carbocycles. The number of fused-ring (bicyclic) bond motifs is 1. The second-order valence-corrected chi connectivity index (χ2v) is 17.8. The first-order valence-electron chi connectivity index (χ1n) is 14.0. The monoisotopic (exact) mass is 843 g/mol. The summed E-state index contributed by atoms with van der Waals surface area (Å²) < 4.78 is 77.6. The van der Waals surface area contributed by atoms with E-state index in [9.17, 15) is 48.2 Å². The van der Waals surface area contributed by atoms with E-state index in [2.05, 4.69) is 23.6 Å². The molecule has 2 aliphatic heterocycles. The van der Waals surface area contributed by atoms with Crippen LogP contribution in [0.2, 0.25) is 0 Å². The maximum Gasteiger partial charge on any atom is 0.490 e. The van der Waals surface area contributed by atoms with Gasteiger partial charge in [0.2, 0.25) is 0 Å². The van der Waals surface area contributed by atoms with Gasteiger partial charge in [-0.1, -0.05) is 0 Å². The minimum absolute atomic E-state index is 0.0268. The molecule has 5 rings (SSSR count). The van der Waals surface area contributed by atoms with Gasteiger partial charge < -0.3 is 59.1 Å². The highest BCUT2D eigenvalue weighted by Crippen LogP contribution is 2.66. The molecule has 3 aromatic rings. The number of ether oxygens (including phenoxy) is 3. The zero-order valence-electron chi connectivity index (χ0n) is 25.8. The Morgan fingerprint density at radius 2 is 1.58 bits per heavy atom. The van der Waals surface area contributed by atoms with Crippen LogP contribution in [-0.4, -0.2) is 121 Å². The predicted molar refractivity (Wildman–Crippen MR) is 169 cm³/mol. The van der Waals surface area contributed by atoms with Crippen LogP contribution in [0, 0.1) is 0 Å². The number of imidazole rings is 1. The van der Waals surface area contributed by atoms with E-state index in [0.29, 0.717) is 0 Å². The lowest BCUT2D eigenvalue weighted by Crippen LogP contribution is -2.38. The van der Waals surface area contributed by atoms with E-state index in [1.807, 2.05) is 4.98 Å². The molecule has 0 bridgehead atoms. The standard InChI is InChI=1S/C20H29N7O20P4S/c1-40-15-14(45-51(39,52)42-4-8-12(29)13(30)18(43-8)26-3-2-10(28)25-20(26)31)9(5-41-49(35,36)47-50(37,38)46-48(32,33)34)44-19(15)27-7-24-11-16(21)22-6-23-17(11)27/h2-3,6-9,12-15,18-19,29-30H,4-5H2,1H3,(H,35,36)(H,37,38)(H,39,52)(H2,21,22,23)(H,25,28,31)(H2,32,33,34)/t8-,9-,12-,13-,14-,15-,18-,19-,51?/m1/s1. The van der Waals surface area contributed by atoms with E-state index < -0.39 is 104 Å². The van der Waals surface area contributed by atoms with E-state index in [0.717, 1.165) is 30.3 Å². The van der Waals surface area contributed by atoms with Crippen molar-refractivity contribution in [2.75, 3.05) is 26.1 Å². The van der Waals surface area contributed by atoms with Gasteiger partial charge in [0.1, 0.15) is 48.5 Å². The number of nitrogens with one attached hydrogen (secondary N) is 1. The Hall–Kier alpha value is -2.23. The van der Waals surface area contributed by atoms with Crippen molar-refractivity contribution in [3.63, 3.8) is 0 Å². The van der Waals surface area contributed by atoms with Gasteiger partial charge in [-0.25, -0.2) is 33.4 Å². The van der Waals surface area contributed by atoms with Gasteiger partial charge >= 0.3 is 35.9 Å². The quantitative estimate of drug-likeness (QED) is 0.0711. The van der Waals surface area contributed by atoms with E-state index in [1.54, 1.807) is 0 Å². The number of phosphoric acid groups is 3. The number of methoxy groups -OCH3 is 1. The number of nitrogens with zero attached hydrogens (tertiary/aromatic N) is 5. The van der Waals surface area contributed by atoms with Crippen LogP contribution >= 0.6 is 30.2 Å². The molecule has 0 amide bonds. The minimum Gasteiger partial charge on any atom is -0.387 e. The van der Waals surface area contributed by atoms with Gasteiger partial charge in [-0.2, -0.15) is 8.62 Å². The lowest BCUT2D eigenvalue weighted by atomic mass is 10.1. The third-order valence-electron chi connectivity index (χ3n) is 7.16. The van der Waals surface area contributed by atoms with E-state index >= 15 is 0 Å². The summed E-state index contributed by atoms with van der Waals surface area (Å²) in [6.07, 6.45) is -8.98. The van der Waals surface area contributed by atoms with Crippen LogP contribution in [0.5, 0.6) is 0 Å². The average Bonchev–Trinajstić information content (AvgIpc) is 3.67. The van der Waals surface area contributed by atoms with Crippen molar-refractivity contribution < 1.29 is 84.8 Å². The lowest BCUT2D eigenvalue weighted by Gasteiger charge is -2.28. The zero-order valence-corrected chi connectivity index (χ0v) is 30.2. The number of rotatable bonds is 15. The fourth-order valence-electron chi connectivity index (χ4n) is 5.05. The van der Waals surface area contributed by atoms with Crippen molar-refractivity contribution in [3.8, 4) is 0 Å². The second-order valence-electron chi connectivity index (χ2n) is 10.6. The molecule has 11 atom stereocenters. The summed E-state index contributed by atoms with van der Waals surface area (Å²) in [6, 6.07) is 0.965. The average molecular weight is 843 g/mol. The SMILES string of the molecule is CO[C@@H]1[C@H](OP(O)(=S)OC[C@H]2O[C@@H](n3ccc(=O)[nH]c3=O)[C@H](O)[C@@H]2O)[C@@H](COP(=O)(O)OP(=O)(O)OP(=O)(O)O)O[C@H]1n1cnc2c(N)ncnc21. The highest BCUT2D eigenvalue weighted by Gasteiger charge is 2.52. The number of hydrogen-bond donors (Lipinski definition) is 9. The highest BCUT2D eigenvalue weighted by atomic mass is 32.5. The van der Waals surface area contributed by atoms with Crippen molar-refractivity contribution in [2.24, 2.45) is 0 Å².